The molecule has 2 amide bonds. The molecule has 9 heteroatoms. The first-order valence-corrected chi connectivity index (χ1v) is 8.65. The van der Waals surface area contributed by atoms with Crippen molar-refractivity contribution in [2.75, 3.05) is 60.8 Å². The maximum Gasteiger partial charge on any atom is 0.323 e. The lowest BCUT2D eigenvalue weighted by molar-refractivity contribution is 0.122. The Morgan fingerprint density at radius 2 is 2.00 bits per heavy atom. The summed E-state index contributed by atoms with van der Waals surface area (Å²) in [6.45, 7) is 4.38. The molecule has 1 saturated heterocycles. The van der Waals surface area contributed by atoms with Crippen molar-refractivity contribution in [3.63, 3.8) is 0 Å². The number of nitrogens with one attached hydrogen (secondary N) is 2. The number of hydrogen-bond acceptors (Lipinski definition) is 6. The molecule has 0 unspecified atom stereocenters. The number of amides is 2. The molecule has 2 heterocycles. The number of benzene rings is 1. The smallest absolute Gasteiger partial charge is 0.323 e. The highest BCUT2D eigenvalue weighted by atomic mass is 19.1. The molecule has 0 radical (unpaired) electrons. The third-order valence-electron chi connectivity index (χ3n) is 4.15. The largest absolute Gasteiger partial charge is 0.378 e. The summed E-state index contributed by atoms with van der Waals surface area (Å²) in [7, 11) is 3.67. The number of ether oxygens (including phenoxy) is 1. The monoisotopic (exact) mass is 374 g/mol. The van der Waals surface area contributed by atoms with Crippen LogP contribution in [0, 0.1) is 12.7 Å². The minimum Gasteiger partial charge on any atom is -0.378 e. The van der Waals surface area contributed by atoms with Crippen LogP contribution in [0.3, 0.4) is 0 Å². The number of hydrogen-bond donors (Lipinski definition) is 2. The van der Waals surface area contributed by atoms with Crippen LogP contribution in [0.15, 0.2) is 24.4 Å². The molecular weight excluding hydrogens is 351 g/mol. The van der Waals surface area contributed by atoms with E-state index in [1.807, 2.05) is 19.0 Å². The third-order valence-corrected chi connectivity index (χ3v) is 4.15. The van der Waals surface area contributed by atoms with Gasteiger partial charge in [-0.3, -0.25) is 0 Å². The number of anilines is 4. The van der Waals surface area contributed by atoms with Crippen molar-refractivity contribution in [2.24, 2.45) is 0 Å². The molecule has 0 aliphatic carbocycles. The van der Waals surface area contributed by atoms with Crippen LogP contribution in [0.5, 0.6) is 0 Å². The fraction of sp³-hybridized carbons (Fsp3) is 0.389. The number of rotatable bonds is 4. The van der Waals surface area contributed by atoms with Gasteiger partial charge < -0.3 is 25.2 Å². The molecule has 2 aromatic rings. The van der Waals surface area contributed by atoms with Crippen molar-refractivity contribution in [3.8, 4) is 0 Å². The second kappa shape index (κ2) is 8.17. The topological polar surface area (TPSA) is 82.6 Å². The van der Waals surface area contributed by atoms with Gasteiger partial charge in [0.15, 0.2) is 5.82 Å². The fourth-order valence-corrected chi connectivity index (χ4v) is 2.66. The Labute approximate surface area is 157 Å². The van der Waals surface area contributed by atoms with Gasteiger partial charge in [0.05, 0.1) is 19.4 Å². The molecule has 1 aromatic carbocycles. The average Bonchev–Trinajstić information content (AvgIpc) is 2.65. The van der Waals surface area contributed by atoms with E-state index >= 15 is 0 Å². The van der Waals surface area contributed by atoms with Gasteiger partial charge in [0.1, 0.15) is 11.5 Å². The molecule has 144 valence electrons. The van der Waals surface area contributed by atoms with Gasteiger partial charge in [0.25, 0.3) is 0 Å². The van der Waals surface area contributed by atoms with Crippen molar-refractivity contribution >= 4 is 29.2 Å². The Morgan fingerprint density at radius 1 is 1.26 bits per heavy atom. The number of nitrogens with zero attached hydrogens (tertiary/aromatic N) is 4. The van der Waals surface area contributed by atoms with E-state index in [2.05, 4.69) is 20.6 Å². The van der Waals surface area contributed by atoms with Gasteiger partial charge in [-0.1, -0.05) is 6.07 Å². The second-order valence-corrected chi connectivity index (χ2v) is 6.44. The van der Waals surface area contributed by atoms with Crippen molar-refractivity contribution in [1.82, 2.24) is 9.97 Å². The number of carbonyl (C=O) groups excluding carboxylic acids is 1. The fourth-order valence-electron chi connectivity index (χ4n) is 2.66. The predicted molar refractivity (Wildman–Crippen MR) is 103 cm³/mol. The number of carbonyl (C=O) groups is 1. The summed E-state index contributed by atoms with van der Waals surface area (Å²) in [5, 5.41) is 5.33. The zero-order chi connectivity index (χ0) is 19.4. The van der Waals surface area contributed by atoms with Crippen LogP contribution in [0.2, 0.25) is 0 Å². The normalized spacial score (nSPS) is 14.0. The molecule has 3 rings (SSSR count). The molecule has 1 aliphatic rings. The highest BCUT2D eigenvalue weighted by molar-refractivity contribution is 6.01. The SMILES string of the molecule is Cc1ccc(NC(=O)Nc2cnc(N3CCOCC3)nc2N(C)C)cc1F. The summed E-state index contributed by atoms with van der Waals surface area (Å²) in [6, 6.07) is 4.03. The number of urea groups is 1. The zero-order valence-electron chi connectivity index (χ0n) is 15.6. The maximum atomic E-state index is 13.6. The summed E-state index contributed by atoms with van der Waals surface area (Å²) >= 11 is 0. The molecule has 2 N–H and O–H groups in total. The average molecular weight is 374 g/mol. The number of morpholine rings is 1. The van der Waals surface area contributed by atoms with Crippen LogP contribution >= 0.6 is 0 Å². The van der Waals surface area contributed by atoms with Gasteiger partial charge in [0.2, 0.25) is 5.95 Å². The Balaban J connectivity index is 1.74. The third kappa shape index (κ3) is 4.62. The summed E-state index contributed by atoms with van der Waals surface area (Å²) in [5.74, 6) is 0.797. The summed E-state index contributed by atoms with van der Waals surface area (Å²) in [5.41, 5.74) is 1.35. The number of halogens is 1. The van der Waals surface area contributed by atoms with E-state index in [1.165, 1.54) is 6.07 Å². The Kier molecular flexibility index (Phi) is 5.70. The number of aryl methyl sites for hydroxylation is 1. The van der Waals surface area contributed by atoms with Gasteiger partial charge in [0, 0.05) is 32.9 Å². The summed E-state index contributed by atoms with van der Waals surface area (Å²) in [4.78, 5) is 25.1. The molecule has 0 atom stereocenters. The first-order valence-electron chi connectivity index (χ1n) is 8.65. The molecule has 0 spiro atoms. The maximum absolute atomic E-state index is 13.6. The van der Waals surface area contributed by atoms with E-state index < -0.39 is 6.03 Å². The lowest BCUT2D eigenvalue weighted by atomic mass is 10.2. The lowest BCUT2D eigenvalue weighted by Crippen LogP contribution is -2.37. The minimum absolute atomic E-state index is 0.368. The van der Waals surface area contributed by atoms with Gasteiger partial charge in [-0.05, 0) is 24.6 Å². The van der Waals surface area contributed by atoms with Crippen molar-refractivity contribution in [2.45, 2.75) is 6.92 Å². The molecule has 8 nitrogen and oxygen atoms in total. The molecule has 0 bridgehead atoms. The first-order chi connectivity index (χ1) is 12.9. The van der Waals surface area contributed by atoms with Crippen LogP contribution in [0.25, 0.3) is 0 Å². The minimum atomic E-state index is -0.496. The second-order valence-electron chi connectivity index (χ2n) is 6.44. The van der Waals surface area contributed by atoms with E-state index in [0.29, 0.717) is 41.9 Å². The van der Waals surface area contributed by atoms with Crippen LogP contribution < -0.4 is 20.4 Å². The van der Waals surface area contributed by atoms with Crippen LogP contribution in [-0.4, -0.2) is 56.4 Å². The number of aromatic nitrogens is 2. The molecule has 27 heavy (non-hydrogen) atoms. The molecule has 0 saturated carbocycles. The highest BCUT2D eigenvalue weighted by Crippen LogP contribution is 2.24. The van der Waals surface area contributed by atoms with Crippen LogP contribution in [0.4, 0.5) is 32.3 Å². The molecule has 1 aliphatic heterocycles. The quantitative estimate of drug-likeness (QED) is 0.856. The Hall–Kier alpha value is -2.94. The van der Waals surface area contributed by atoms with Gasteiger partial charge in [-0.15, -0.1) is 0 Å². The van der Waals surface area contributed by atoms with E-state index in [-0.39, 0.29) is 5.82 Å². The standard InChI is InChI=1S/C18H23FN6O2/c1-12-4-5-13(10-14(12)19)21-18(26)22-15-11-20-17(23-16(15)24(2)3)25-6-8-27-9-7-25/h4-5,10-11H,6-9H2,1-3H3,(H2,21,22,26). The van der Waals surface area contributed by atoms with E-state index in [9.17, 15) is 9.18 Å². The highest BCUT2D eigenvalue weighted by Gasteiger charge is 2.18. The first kappa shape index (κ1) is 18.8. The van der Waals surface area contributed by atoms with Crippen molar-refractivity contribution in [3.05, 3.63) is 35.8 Å². The Morgan fingerprint density at radius 3 is 2.67 bits per heavy atom. The van der Waals surface area contributed by atoms with Crippen molar-refractivity contribution < 1.29 is 13.9 Å². The van der Waals surface area contributed by atoms with E-state index in [4.69, 9.17) is 4.74 Å². The van der Waals surface area contributed by atoms with E-state index in [0.717, 1.165) is 13.1 Å². The van der Waals surface area contributed by atoms with Gasteiger partial charge in [-0.25, -0.2) is 14.2 Å². The summed E-state index contributed by atoms with van der Waals surface area (Å²) in [6.07, 6.45) is 1.57. The van der Waals surface area contributed by atoms with Crippen LogP contribution in [0.1, 0.15) is 5.56 Å². The lowest BCUT2D eigenvalue weighted by Gasteiger charge is -2.28. The molecule has 1 aromatic heterocycles. The Bertz CT molecular complexity index is 823. The molecule has 1 fully saturated rings. The van der Waals surface area contributed by atoms with E-state index in [1.54, 1.807) is 30.2 Å². The van der Waals surface area contributed by atoms with Crippen molar-refractivity contribution in [1.29, 1.82) is 0 Å². The van der Waals surface area contributed by atoms with Crippen LogP contribution in [-0.2, 0) is 4.74 Å². The zero-order valence-corrected chi connectivity index (χ0v) is 15.6. The van der Waals surface area contributed by atoms with Gasteiger partial charge in [-0.2, -0.15) is 4.98 Å². The molecular formula is C18H23FN6O2. The van der Waals surface area contributed by atoms with Gasteiger partial charge >= 0.3 is 6.03 Å². The predicted octanol–water partition coefficient (Wildman–Crippen LogP) is 2.47. The summed E-state index contributed by atoms with van der Waals surface area (Å²) < 4.78 is 19.0.